The number of fused-ring (bicyclic) bond motifs is 5. The number of halogens is 9. The van der Waals surface area contributed by atoms with E-state index in [4.69, 9.17) is 10.8 Å². The number of benzene rings is 1. The smallest absolute Gasteiger partial charge is 0.435 e. The molecule has 4 rings (SSSR count). The van der Waals surface area contributed by atoms with Gasteiger partial charge in [0.15, 0.2) is 0 Å². The summed E-state index contributed by atoms with van der Waals surface area (Å²) in [4.78, 5) is 0. The average molecular weight is 606 g/mol. The van der Waals surface area contributed by atoms with Gasteiger partial charge in [0.25, 0.3) is 0 Å². The fourth-order valence-electron chi connectivity index (χ4n) is 7.40. The molecule has 5 unspecified atom stereocenters. The Labute approximate surface area is 235 Å². The van der Waals surface area contributed by atoms with Crippen molar-refractivity contribution in [2.75, 3.05) is 19.8 Å². The Balaban J connectivity index is 1.34. The van der Waals surface area contributed by atoms with E-state index in [1.54, 1.807) is 0 Å². The summed E-state index contributed by atoms with van der Waals surface area (Å²) in [5, 5.41) is 0. The zero-order chi connectivity index (χ0) is 31.0. The maximum Gasteiger partial charge on any atom is 0.435 e. The molecule has 3 aliphatic rings. The van der Waals surface area contributed by atoms with Crippen LogP contribution in [0, 0.1) is 17.3 Å². The number of aryl methyl sites for hydroxylation is 1. The molecule has 0 aromatic heterocycles. The van der Waals surface area contributed by atoms with Crippen LogP contribution in [-0.4, -0.2) is 50.1 Å². The largest absolute Gasteiger partial charge is 0.494 e. The van der Waals surface area contributed by atoms with Crippen LogP contribution in [-0.2, 0) is 15.9 Å². The lowest BCUT2D eigenvalue weighted by Crippen LogP contribution is -2.67. The molecule has 0 bridgehead atoms. The van der Waals surface area contributed by atoms with Crippen molar-refractivity contribution in [3.05, 3.63) is 29.3 Å². The lowest BCUT2D eigenvalue weighted by Gasteiger charge is -2.50. The standard InChI is InChI=1S/C29H37F9O3/c1-3-4-14-39-19-7-9-20-18(17-19)6-8-22-21(20)12-13-25(2)23(22)10-11-24(25)40-15-5-16-41-26(27(30,31)32,28(33,34)35)29(36,37)38/h7,9,17,21-24H,3-6,8,10-16H2,1-2H3/i1D. The number of unbranched alkanes of at least 4 members (excludes halogenated alkanes) is 1. The highest BCUT2D eigenvalue weighted by molar-refractivity contribution is 5.40. The van der Waals surface area contributed by atoms with E-state index in [0.29, 0.717) is 37.7 Å². The topological polar surface area (TPSA) is 27.7 Å². The fourth-order valence-corrected chi connectivity index (χ4v) is 7.40. The first-order valence-electron chi connectivity index (χ1n) is 14.8. The Morgan fingerprint density at radius 3 is 2.24 bits per heavy atom. The molecule has 0 amide bonds. The summed E-state index contributed by atoms with van der Waals surface area (Å²) in [6, 6.07) is 6.23. The van der Waals surface area contributed by atoms with E-state index in [-0.39, 0.29) is 18.1 Å². The molecule has 1 aromatic rings. The number of hydrogen-bond acceptors (Lipinski definition) is 3. The molecular formula is C29H37F9O3. The molecule has 2 fully saturated rings. The SMILES string of the molecule is [2H]CCCCOc1ccc2c(c1)CCC1C2CCC2(C)C(OCCCOC(C(F)(F)F)(C(F)(F)F)C(F)(F)F)CCC12. The Kier molecular flexibility index (Phi) is 8.83. The van der Waals surface area contributed by atoms with Gasteiger partial charge in [0, 0.05) is 7.98 Å². The summed E-state index contributed by atoms with van der Waals surface area (Å²) >= 11 is 0. The van der Waals surface area contributed by atoms with Gasteiger partial charge in [0.1, 0.15) is 5.75 Å². The number of hydrogen-bond donors (Lipinski definition) is 0. The summed E-state index contributed by atoms with van der Waals surface area (Å²) in [6.07, 6.45) is -14.3. The lowest BCUT2D eigenvalue weighted by molar-refractivity contribution is -0.457. The molecule has 3 nitrogen and oxygen atoms in total. The van der Waals surface area contributed by atoms with Crippen LogP contribution < -0.4 is 4.74 Å². The van der Waals surface area contributed by atoms with Crippen molar-refractivity contribution < 1.29 is 55.1 Å². The van der Waals surface area contributed by atoms with Crippen molar-refractivity contribution in [1.82, 2.24) is 0 Å². The van der Waals surface area contributed by atoms with Crippen LogP contribution in [0.15, 0.2) is 18.2 Å². The zero-order valence-electron chi connectivity index (χ0n) is 23.9. The summed E-state index contributed by atoms with van der Waals surface area (Å²) in [5.74, 6) is 1.92. The van der Waals surface area contributed by atoms with Gasteiger partial charge < -0.3 is 14.2 Å². The van der Waals surface area contributed by atoms with Gasteiger partial charge in [-0.15, -0.1) is 0 Å². The van der Waals surface area contributed by atoms with Crippen LogP contribution in [0.5, 0.6) is 5.75 Å². The first-order chi connectivity index (χ1) is 19.6. The molecule has 0 heterocycles. The van der Waals surface area contributed by atoms with Crippen LogP contribution in [0.4, 0.5) is 39.5 Å². The highest BCUT2D eigenvalue weighted by atomic mass is 19.4. The van der Waals surface area contributed by atoms with E-state index in [1.807, 2.05) is 6.07 Å². The molecule has 234 valence electrons. The molecular weight excluding hydrogens is 567 g/mol. The normalized spacial score (nSPS) is 29.0. The molecule has 41 heavy (non-hydrogen) atoms. The molecule has 0 radical (unpaired) electrons. The second-order valence-corrected chi connectivity index (χ2v) is 11.7. The number of alkyl halides is 9. The third kappa shape index (κ3) is 5.93. The van der Waals surface area contributed by atoms with Gasteiger partial charge in [-0.2, -0.15) is 39.5 Å². The number of rotatable bonds is 10. The van der Waals surface area contributed by atoms with Gasteiger partial charge in [-0.25, -0.2) is 0 Å². The minimum absolute atomic E-state index is 0.242. The maximum atomic E-state index is 13.1. The Bertz CT molecular complexity index is 1020. The van der Waals surface area contributed by atoms with Crippen LogP contribution >= 0.6 is 0 Å². The van der Waals surface area contributed by atoms with E-state index in [9.17, 15) is 39.5 Å². The molecule has 0 spiro atoms. The second-order valence-electron chi connectivity index (χ2n) is 11.7. The fraction of sp³-hybridized carbons (Fsp3) is 0.793. The van der Waals surface area contributed by atoms with Crippen molar-refractivity contribution in [2.24, 2.45) is 17.3 Å². The molecule has 0 saturated heterocycles. The minimum atomic E-state index is -6.73. The average Bonchev–Trinajstić information content (AvgIpc) is 3.22. The molecule has 1 aromatic carbocycles. The molecule has 12 heteroatoms. The van der Waals surface area contributed by atoms with Crippen molar-refractivity contribution in [3.63, 3.8) is 0 Å². The van der Waals surface area contributed by atoms with Crippen molar-refractivity contribution in [1.29, 1.82) is 0 Å². The van der Waals surface area contributed by atoms with Crippen LogP contribution in [0.3, 0.4) is 0 Å². The van der Waals surface area contributed by atoms with Gasteiger partial charge in [0.05, 0.1) is 19.3 Å². The number of ether oxygens (including phenoxy) is 3. The second kappa shape index (κ2) is 11.8. The Morgan fingerprint density at radius 1 is 0.878 bits per heavy atom. The Hall–Kier alpha value is -1.69. The minimum Gasteiger partial charge on any atom is -0.494 e. The molecule has 0 aliphatic heterocycles. The van der Waals surface area contributed by atoms with E-state index < -0.39 is 37.2 Å². The quantitative estimate of drug-likeness (QED) is 0.197. The molecule has 3 aliphatic carbocycles. The summed E-state index contributed by atoms with van der Waals surface area (Å²) < 4.78 is 140. The van der Waals surface area contributed by atoms with Gasteiger partial charge in [0.2, 0.25) is 0 Å². The summed E-state index contributed by atoms with van der Waals surface area (Å²) in [7, 11) is 0. The van der Waals surface area contributed by atoms with Crippen molar-refractivity contribution in [3.8, 4) is 5.75 Å². The van der Waals surface area contributed by atoms with Gasteiger partial charge in [-0.05, 0) is 97.8 Å². The lowest BCUT2D eigenvalue weighted by atomic mass is 9.55. The summed E-state index contributed by atoms with van der Waals surface area (Å²) in [6.45, 7) is 1.34. The Morgan fingerprint density at radius 2 is 1.59 bits per heavy atom. The van der Waals surface area contributed by atoms with Crippen LogP contribution in [0.25, 0.3) is 0 Å². The predicted molar refractivity (Wildman–Crippen MR) is 133 cm³/mol. The molecule has 0 N–H and O–H groups in total. The first kappa shape index (κ1) is 30.8. The van der Waals surface area contributed by atoms with Crippen molar-refractivity contribution >= 4 is 0 Å². The monoisotopic (exact) mass is 605 g/mol. The van der Waals surface area contributed by atoms with E-state index in [0.717, 1.165) is 50.7 Å². The third-order valence-electron chi connectivity index (χ3n) is 9.40. The first-order valence-corrected chi connectivity index (χ1v) is 14.1. The summed E-state index contributed by atoms with van der Waals surface area (Å²) in [5.41, 5.74) is -3.90. The van der Waals surface area contributed by atoms with Crippen molar-refractivity contribution in [2.45, 2.75) is 108 Å². The van der Waals surface area contributed by atoms with Gasteiger partial charge in [-0.1, -0.05) is 26.3 Å². The van der Waals surface area contributed by atoms with Crippen LogP contribution in [0.1, 0.15) is 83.6 Å². The molecule has 2 saturated carbocycles. The predicted octanol–water partition coefficient (Wildman–Crippen LogP) is 8.94. The van der Waals surface area contributed by atoms with E-state index in [1.165, 1.54) is 11.1 Å². The maximum absolute atomic E-state index is 13.1. The molecule has 5 atom stereocenters. The van der Waals surface area contributed by atoms with E-state index >= 15 is 0 Å². The zero-order valence-corrected chi connectivity index (χ0v) is 22.9. The van der Waals surface area contributed by atoms with Gasteiger partial charge >= 0.3 is 24.1 Å². The van der Waals surface area contributed by atoms with Crippen LogP contribution in [0.2, 0.25) is 0 Å². The van der Waals surface area contributed by atoms with Gasteiger partial charge in [-0.3, -0.25) is 0 Å². The third-order valence-corrected chi connectivity index (χ3v) is 9.40. The van der Waals surface area contributed by atoms with E-state index in [2.05, 4.69) is 23.8 Å². The highest BCUT2D eigenvalue weighted by Gasteiger charge is 2.85. The highest BCUT2D eigenvalue weighted by Crippen LogP contribution is 2.62.